The van der Waals surface area contributed by atoms with Gasteiger partial charge < -0.3 is 19.7 Å². The number of H-pyrrole nitrogens is 1. The predicted molar refractivity (Wildman–Crippen MR) is 149 cm³/mol. The number of carboxylic acid groups (broad SMARTS) is 1. The van der Waals surface area contributed by atoms with Gasteiger partial charge in [-0.05, 0) is 68.3 Å². The van der Waals surface area contributed by atoms with Gasteiger partial charge in [-0.25, -0.2) is 4.98 Å². The third-order valence-corrected chi connectivity index (χ3v) is 8.19. The van der Waals surface area contributed by atoms with Crippen LogP contribution in [-0.2, 0) is 4.79 Å². The molecule has 6 nitrogen and oxygen atoms in total. The minimum absolute atomic E-state index is 0.451. The molecule has 0 bridgehead atoms. The number of hydrogen-bond acceptors (Lipinski definition) is 5. The van der Waals surface area contributed by atoms with E-state index in [4.69, 9.17) is 9.72 Å². The summed E-state index contributed by atoms with van der Waals surface area (Å²) >= 11 is 1.63. The number of carboxylic acids is 1. The standard InChI is InChI=1S/C30H27N3O3S/c1-30(28(34)35)16-6-18-33(19-30)29-32-26(27(37-29)24-9-5-10-25-23(24)15-17-31-25)20-11-13-22(14-12-20)36-21-7-3-2-4-8-21/h2-5,7-15,17,31H,6,16,18-19H2,1H3,(H,34,35). The number of rotatable bonds is 6. The summed E-state index contributed by atoms with van der Waals surface area (Å²) < 4.78 is 5.99. The number of aliphatic carboxylic acids is 1. The molecule has 1 atom stereocenters. The molecule has 186 valence electrons. The number of aromatic nitrogens is 2. The minimum atomic E-state index is -0.776. The highest BCUT2D eigenvalue weighted by Crippen LogP contribution is 2.44. The van der Waals surface area contributed by atoms with E-state index in [1.54, 1.807) is 11.3 Å². The highest BCUT2D eigenvalue weighted by molar-refractivity contribution is 7.19. The molecule has 0 amide bonds. The van der Waals surface area contributed by atoms with E-state index < -0.39 is 11.4 Å². The number of fused-ring (bicyclic) bond motifs is 1. The minimum Gasteiger partial charge on any atom is -0.481 e. The van der Waals surface area contributed by atoms with Crippen LogP contribution in [0.25, 0.3) is 32.6 Å². The Hall–Kier alpha value is -4.10. The normalized spacial score (nSPS) is 17.7. The number of piperidine rings is 1. The van der Waals surface area contributed by atoms with Crippen LogP contribution in [0.3, 0.4) is 0 Å². The van der Waals surface area contributed by atoms with Crippen molar-refractivity contribution < 1.29 is 14.6 Å². The lowest BCUT2D eigenvalue weighted by atomic mass is 9.82. The smallest absolute Gasteiger partial charge is 0.311 e. The molecule has 1 fully saturated rings. The Morgan fingerprint density at radius 1 is 1.03 bits per heavy atom. The fraction of sp³-hybridized carbons (Fsp3) is 0.200. The van der Waals surface area contributed by atoms with E-state index in [0.717, 1.165) is 62.2 Å². The predicted octanol–water partition coefficient (Wildman–Crippen LogP) is 7.44. The average Bonchev–Trinajstić information content (AvgIpc) is 3.58. The summed E-state index contributed by atoms with van der Waals surface area (Å²) in [4.78, 5) is 23.6. The SMILES string of the molecule is CC1(C(=O)O)CCCN(c2nc(-c3ccc(Oc4ccccc4)cc3)c(-c3cccc4[nH]ccc34)s2)C1. The number of thiazole rings is 1. The Labute approximate surface area is 219 Å². The molecule has 1 unspecified atom stereocenters. The number of ether oxygens (including phenoxy) is 1. The van der Waals surface area contributed by atoms with Crippen LogP contribution in [0.1, 0.15) is 19.8 Å². The van der Waals surface area contributed by atoms with Gasteiger partial charge >= 0.3 is 5.97 Å². The van der Waals surface area contributed by atoms with Gasteiger partial charge in [-0.15, -0.1) is 0 Å². The van der Waals surface area contributed by atoms with Gasteiger partial charge in [0.05, 0.1) is 16.0 Å². The molecule has 5 aromatic rings. The molecule has 1 aliphatic heterocycles. The zero-order valence-corrected chi connectivity index (χ0v) is 21.3. The van der Waals surface area contributed by atoms with E-state index in [9.17, 15) is 9.90 Å². The summed E-state index contributed by atoms with van der Waals surface area (Å²) in [6, 6.07) is 26.1. The number of aromatic amines is 1. The van der Waals surface area contributed by atoms with Crippen molar-refractivity contribution in [3.8, 4) is 33.2 Å². The molecule has 3 heterocycles. The van der Waals surface area contributed by atoms with Gasteiger partial charge in [0.2, 0.25) is 0 Å². The quantitative estimate of drug-likeness (QED) is 0.249. The molecule has 0 spiro atoms. The van der Waals surface area contributed by atoms with Crippen LogP contribution in [0, 0.1) is 5.41 Å². The summed E-state index contributed by atoms with van der Waals surface area (Å²) in [5.41, 5.74) is 3.29. The van der Waals surface area contributed by atoms with E-state index in [0.29, 0.717) is 13.0 Å². The van der Waals surface area contributed by atoms with Gasteiger partial charge in [0.25, 0.3) is 0 Å². The molecule has 0 aliphatic carbocycles. The van der Waals surface area contributed by atoms with Gasteiger partial charge in [-0.1, -0.05) is 41.7 Å². The second kappa shape index (κ2) is 9.41. The van der Waals surface area contributed by atoms with Gasteiger partial charge in [0, 0.05) is 41.3 Å². The first-order valence-electron chi connectivity index (χ1n) is 12.4. The number of hydrogen-bond donors (Lipinski definition) is 2. The average molecular weight is 510 g/mol. The molecular formula is C30H27N3O3S. The van der Waals surface area contributed by atoms with Crippen LogP contribution in [0.2, 0.25) is 0 Å². The third-order valence-electron chi connectivity index (χ3n) is 7.05. The van der Waals surface area contributed by atoms with Gasteiger partial charge in [-0.3, -0.25) is 4.79 Å². The van der Waals surface area contributed by atoms with Crippen LogP contribution >= 0.6 is 11.3 Å². The molecule has 37 heavy (non-hydrogen) atoms. The number of nitrogens with zero attached hydrogens (tertiary/aromatic N) is 2. The van der Waals surface area contributed by atoms with E-state index in [1.165, 1.54) is 0 Å². The van der Waals surface area contributed by atoms with Gasteiger partial charge in [0.1, 0.15) is 11.5 Å². The number of para-hydroxylation sites is 1. The summed E-state index contributed by atoms with van der Waals surface area (Å²) in [6.07, 6.45) is 3.45. The number of anilines is 1. The lowest BCUT2D eigenvalue weighted by Gasteiger charge is -2.37. The lowest BCUT2D eigenvalue weighted by Crippen LogP contribution is -2.46. The largest absolute Gasteiger partial charge is 0.481 e. The van der Waals surface area contributed by atoms with Crippen molar-refractivity contribution in [3.63, 3.8) is 0 Å². The van der Waals surface area contributed by atoms with E-state index >= 15 is 0 Å². The van der Waals surface area contributed by atoms with Crippen molar-refractivity contribution in [1.82, 2.24) is 9.97 Å². The molecule has 2 aromatic heterocycles. The zero-order chi connectivity index (χ0) is 25.4. The molecule has 0 saturated carbocycles. The second-order valence-electron chi connectivity index (χ2n) is 9.75. The summed E-state index contributed by atoms with van der Waals surface area (Å²) in [5.74, 6) is 0.797. The van der Waals surface area contributed by atoms with Crippen molar-refractivity contribution in [2.24, 2.45) is 5.41 Å². The maximum atomic E-state index is 12.0. The molecule has 2 N–H and O–H groups in total. The van der Waals surface area contributed by atoms with Crippen molar-refractivity contribution in [1.29, 1.82) is 0 Å². The molecule has 3 aromatic carbocycles. The first-order chi connectivity index (χ1) is 18.0. The monoisotopic (exact) mass is 509 g/mol. The summed E-state index contributed by atoms with van der Waals surface area (Å²) in [5, 5.41) is 11.8. The Bertz CT molecular complexity index is 1560. The third kappa shape index (κ3) is 4.47. The van der Waals surface area contributed by atoms with Crippen LogP contribution in [-0.4, -0.2) is 34.1 Å². The Kier molecular flexibility index (Phi) is 5.93. The Morgan fingerprint density at radius 2 is 1.81 bits per heavy atom. The van der Waals surface area contributed by atoms with Gasteiger partial charge in [-0.2, -0.15) is 0 Å². The second-order valence-corrected chi connectivity index (χ2v) is 10.7. The Morgan fingerprint density at radius 3 is 2.59 bits per heavy atom. The molecule has 1 saturated heterocycles. The van der Waals surface area contributed by atoms with Crippen LogP contribution in [0.15, 0.2) is 85.1 Å². The highest BCUT2D eigenvalue weighted by Gasteiger charge is 2.39. The molecule has 0 radical (unpaired) electrons. The first kappa shape index (κ1) is 23.3. The number of benzene rings is 3. The summed E-state index contributed by atoms with van der Waals surface area (Å²) in [6.45, 7) is 3.09. The van der Waals surface area contributed by atoms with Crippen molar-refractivity contribution in [2.45, 2.75) is 19.8 Å². The van der Waals surface area contributed by atoms with Crippen LogP contribution in [0.4, 0.5) is 5.13 Å². The fourth-order valence-electron chi connectivity index (χ4n) is 4.99. The number of carbonyl (C=O) groups is 1. The maximum Gasteiger partial charge on any atom is 0.311 e. The fourth-order valence-corrected chi connectivity index (χ4v) is 6.14. The maximum absolute atomic E-state index is 12.0. The first-order valence-corrected chi connectivity index (χ1v) is 13.2. The summed E-state index contributed by atoms with van der Waals surface area (Å²) in [7, 11) is 0. The number of nitrogens with one attached hydrogen (secondary N) is 1. The van der Waals surface area contributed by atoms with Crippen molar-refractivity contribution in [2.75, 3.05) is 18.0 Å². The molecule has 7 heteroatoms. The highest BCUT2D eigenvalue weighted by atomic mass is 32.1. The van der Waals surface area contributed by atoms with Gasteiger partial charge in [0.15, 0.2) is 5.13 Å². The van der Waals surface area contributed by atoms with E-state index in [1.807, 2.05) is 67.7 Å². The zero-order valence-electron chi connectivity index (χ0n) is 20.5. The van der Waals surface area contributed by atoms with E-state index in [-0.39, 0.29) is 0 Å². The van der Waals surface area contributed by atoms with E-state index in [2.05, 4.69) is 34.1 Å². The molecule has 6 rings (SSSR count). The van der Waals surface area contributed by atoms with Crippen LogP contribution < -0.4 is 9.64 Å². The van der Waals surface area contributed by atoms with Crippen molar-refractivity contribution in [3.05, 3.63) is 85.1 Å². The van der Waals surface area contributed by atoms with Crippen LogP contribution in [0.5, 0.6) is 11.5 Å². The van der Waals surface area contributed by atoms with Crippen molar-refractivity contribution >= 4 is 33.3 Å². The molecular weight excluding hydrogens is 482 g/mol. The molecule has 1 aliphatic rings. The topological polar surface area (TPSA) is 78.4 Å². The Balaban J connectivity index is 1.41. The lowest BCUT2D eigenvalue weighted by molar-refractivity contribution is -0.148.